The van der Waals surface area contributed by atoms with Gasteiger partial charge in [-0.15, -0.1) is 11.8 Å². The third kappa shape index (κ3) is 5.72. The van der Waals surface area contributed by atoms with Crippen LogP contribution in [0.25, 0.3) is 0 Å². The smallest absolute Gasteiger partial charge is 0.333 e. The minimum atomic E-state index is -1.37. The van der Waals surface area contributed by atoms with E-state index in [-0.39, 0.29) is 24.7 Å². The van der Waals surface area contributed by atoms with Crippen molar-refractivity contribution in [2.24, 2.45) is 0 Å². The van der Waals surface area contributed by atoms with E-state index in [9.17, 15) is 29.3 Å². The minimum absolute atomic E-state index is 0.108. The predicted molar refractivity (Wildman–Crippen MR) is 134 cm³/mol. The lowest BCUT2D eigenvalue weighted by Gasteiger charge is -2.56. The molecular weight excluding hydrogens is 518 g/mol. The number of nitro benzene ring substituents is 1. The van der Waals surface area contributed by atoms with Crippen LogP contribution in [-0.4, -0.2) is 69.0 Å². The van der Waals surface area contributed by atoms with Gasteiger partial charge in [-0.25, -0.2) is 4.79 Å². The zero-order valence-corrected chi connectivity index (χ0v) is 21.3. The predicted octanol–water partition coefficient (Wildman–Crippen LogP) is 1.81. The Morgan fingerprint density at radius 3 is 2.47 bits per heavy atom. The highest BCUT2D eigenvalue weighted by Gasteiger charge is 2.63. The van der Waals surface area contributed by atoms with Gasteiger partial charge in [0.25, 0.3) is 11.6 Å². The summed E-state index contributed by atoms with van der Waals surface area (Å²) in [7, 11) is 0. The summed E-state index contributed by atoms with van der Waals surface area (Å²) >= 11 is 1.27. The molecule has 2 unspecified atom stereocenters. The Hall–Kier alpha value is -4.13. The number of esters is 2. The highest BCUT2D eigenvalue weighted by atomic mass is 32.2. The number of carbonyl (C=O) groups is 4. The topological polar surface area (TPSA) is 154 Å². The molecule has 2 aliphatic rings. The number of para-hydroxylation sites is 1. The number of non-ortho nitro benzene ring substituents is 1. The average Bonchev–Trinajstić information content (AvgIpc) is 2.89. The van der Waals surface area contributed by atoms with Gasteiger partial charge < -0.3 is 24.4 Å². The Morgan fingerprint density at radius 2 is 1.84 bits per heavy atom. The highest BCUT2D eigenvalue weighted by molar-refractivity contribution is 8.00. The van der Waals surface area contributed by atoms with Gasteiger partial charge in [0.15, 0.2) is 12.6 Å². The average molecular weight is 544 g/mol. The summed E-state index contributed by atoms with van der Waals surface area (Å²) in [4.78, 5) is 62.2. The summed E-state index contributed by atoms with van der Waals surface area (Å²) in [6, 6.07) is 12.1. The van der Waals surface area contributed by atoms with Gasteiger partial charge in [0.05, 0.1) is 4.92 Å². The van der Waals surface area contributed by atoms with E-state index in [0.717, 1.165) is 0 Å². The minimum Gasteiger partial charge on any atom is -0.484 e. The van der Waals surface area contributed by atoms with Crippen molar-refractivity contribution in [1.29, 1.82) is 0 Å². The van der Waals surface area contributed by atoms with Gasteiger partial charge >= 0.3 is 11.9 Å². The number of nitrogens with one attached hydrogen (secondary N) is 1. The largest absolute Gasteiger partial charge is 0.484 e. The standard InChI is InChI=1S/C25H25N3O9S/c1-15(29)37-25(2)14-38-23-20(26-19(30)13-35-18-6-4-3-5-7-18)22(31)27(23)21(25)24(32)36-12-16-8-10-17(11-9-16)28(33)34/h3-11,20-21,23H,12-14H2,1-2H3,(H,26,30)/t20-,21?,23-,25?/m0/s1. The van der Waals surface area contributed by atoms with E-state index < -0.39 is 51.7 Å². The first kappa shape index (κ1) is 26.9. The fraction of sp³-hybridized carbons (Fsp3) is 0.360. The molecule has 0 saturated carbocycles. The van der Waals surface area contributed by atoms with Crippen LogP contribution in [0.1, 0.15) is 19.4 Å². The van der Waals surface area contributed by atoms with Crippen molar-refractivity contribution < 1.29 is 38.3 Å². The maximum absolute atomic E-state index is 13.2. The van der Waals surface area contributed by atoms with Crippen molar-refractivity contribution in [3.63, 3.8) is 0 Å². The van der Waals surface area contributed by atoms with Crippen LogP contribution in [0.4, 0.5) is 5.69 Å². The fourth-order valence-electron chi connectivity index (χ4n) is 4.30. The number of amides is 2. The summed E-state index contributed by atoms with van der Waals surface area (Å²) in [6.07, 6.45) is 0. The third-order valence-electron chi connectivity index (χ3n) is 6.04. The number of thioether (sulfide) groups is 1. The number of fused-ring (bicyclic) bond motifs is 1. The molecule has 4 atom stereocenters. The summed E-state index contributed by atoms with van der Waals surface area (Å²) in [5.74, 6) is -1.78. The van der Waals surface area contributed by atoms with E-state index >= 15 is 0 Å². The molecule has 2 aliphatic heterocycles. The molecule has 1 N–H and O–H groups in total. The molecule has 12 nitrogen and oxygen atoms in total. The molecule has 0 aliphatic carbocycles. The summed E-state index contributed by atoms with van der Waals surface area (Å²) in [6.45, 7) is 2.24. The summed E-state index contributed by atoms with van der Waals surface area (Å²) in [5.41, 5.74) is -0.984. The zero-order chi connectivity index (χ0) is 27.4. The number of nitro groups is 1. The van der Waals surface area contributed by atoms with E-state index in [1.807, 2.05) is 6.07 Å². The first-order valence-electron chi connectivity index (χ1n) is 11.6. The van der Waals surface area contributed by atoms with E-state index in [0.29, 0.717) is 11.3 Å². The van der Waals surface area contributed by atoms with Crippen LogP contribution in [0, 0.1) is 10.1 Å². The molecular formula is C25H25N3O9S. The molecule has 2 aromatic carbocycles. The Morgan fingerprint density at radius 1 is 1.16 bits per heavy atom. The van der Waals surface area contributed by atoms with Gasteiger partial charge in [0.2, 0.25) is 5.91 Å². The summed E-state index contributed by atoms with van der Waals surface area (Å²) < 4.78 is 16.3. The molecule has 2 saturated heterocycles. The van der Waals surface area contributed by atoms with Crippen molar-refractivity contribution in [3.05, 3.63) is 70.3 Å². The first-order chi connectivity index (χ1) is 18.1. The van der Waals surface area contributed by atoms with E-state index in [1.165, 1.54) is 47.9 Å². The number of rotatable bonds is 9. The number of benzene rings is 2. The van der Waals surface area contributed by atoms with Gasteiger partial charge in [-0.3, -0.25) is 24.5 Å². The van der Waals surface area contributed by atoms with Gasteiger partial charge in [0, 0.05) is 24.8 Å². The molecule has 2 aromatic rings. The Balaban J connectivity index is 1.43. The molecule has 13 heteroatoms. The second-order valence-electron chi connectivity index (χ2n) is 8.93. The quantitative estimate of drug-likeness (QED) is 0.214. The lowest BCUT2D eigenvalue weighted by atomic mass is 9.90. The van der Waals surface area contributed by atoms with Crippen LogP contribution in [-0.2, 0) is 35.3 Å². The molecule has 0 spiro atoms. The van der Waals surface area contributed by atoms with Crippen LogP contribution >= 0.6 is 11.8 Å². The van der Waals surface area contributed by atoms with Gasteiger partial charge in [-0.1, -0.05) is 18.2 Å². The fourth-order valence-corrected chi connectivity index (χ4v) is 5.78. The van der Waals surface area contributed by atoms with Crippen molar-refractivity contribution in [2.45, 2.75) is 43.5 Å². The Bertz CT molecular complexity index is 1240. The third-order valence-corrected chi connectivity index (χ3v) is 7.62. The maximum Gasteiger partial charge on any atom is 0.333 e. The van der Waals surface area contributed by atoms with Gasteiger partial charge in [0.1, 0.15) is 29.4 Å². The lowest BCUT2D eigenvalue weighted by Crippen LogP contribution is -2.79. The number of carbonyl (C=O) groups excluding carboxylic acids is 4. The van der Waals surface area contributed by atoms with Gasteiger partial charge in [-0.05, 0) is 36.8 Å². The lowest BCUT2D eigenvalue weighted by molar-refractivity contribution is -0.384. The van der Waals surface area contributed by atoms with E-state index in [4.69, 9.17) is 14.2 Å². The SMILES string of the molecule is CC(=O)OC1(C)CS[C@H]2[C@@H](NC(=O)COc3ccccc3)C(=O)N2C1C(=O)OCc1ccc([N+](=O)[O-])cc1. The van der Waals surface area contributed by atoms with Crippen molar-refractivity contribution >= 4 is 41.2 Å². The van der Waals surface area contributed by atoms with Crippen LogP contribution in [0.2, 0.25) is 0 Å². The first-order valence-corrected chi connectivity index (χ1v) is 12.6. The molecule has 4 rings (SSSR count). The number of hydrogen-bond acceptors (Lipinski definition) is 10. The van der Waals surface area contributed by atoms with E-state index in [1.54, 1.807) is 31.2 Å². The summed E-state index contributed by atoms with van der Waals surface area (Å²) in [5, 5.41) is 12.9. The molecule has 2 amide bonds. The Labute approximate surface area is 221 Å². The zero-order valence-electron chi connectivity index (χ0n) is 20.5. The van der Waals surface area contributed by atoms with Crippen LogP contribution in [0.3, 0.4) is 0 Å². The Kier molecular flexibility index (Phi) is 7.86. The number of nitrogens with zero attached hydrogens (tertiary/aromatic N) is 2. The number of hydrogen-bond donors (Lipinski definition) is 1. The normalized spacial score (nSPS) is 23.9. The maximum atomic E-state index is 13.2. The molecule has 0 aromatic heterocycles. The van der Waals surface area contributed by atoms with Crippen LogP contribution < -0.4 is 10.1 Å². The number of β-lactam (4-membered cyclic amide) rings is 1. The molecule has 0 radical (unpaired) electrons. The van der Waals surface area contributed by atoms with Crippen molar-refractivity contribution in [2.75, 3.05) is 12.4 Å². The monoisotopic (exact) mass is 543 g/mol. The second-order valence-corrected chi connectivity index (χ2v) is 10.0. The van der Waals surface area contributed by atoms with Crippen LogP contribution in [0.15, 0.2) is 54.6 Å². The van der Waals surface area contributed by atoms with Crippen LogP contribution in [0.5, 0.6) is 5.75 Å². The second kappa shape index (κ2) is 11.1. The molecule has 0 bridgehead atoms. The molecule has 2 fully saturated rings. The number of ether oxygens (including phenoxy) is 3. The molecule has 200 valence electrons. The highest BCUT2D eigenvalue weighted by Crippen LogP contribution is 2.44. The van der Waals surface area contributed by atoms with E-state index in [2.05, 4.69) is 5.32 Å². The van der Waals surface area contributed by atoms with Crippen molar-refractivity contribution in [3.8, 4) is 5.75 Å². The van der Waals surface area contributed by atoms with Crippen molar-refractivity contribution in [1.82, 2.24) is 10.2 Å². The van der Waals surface area contributed by atoms with Gasteiger partial charge in [-0.2, -0.15) is 0 Å². The molecule has 2 heterocycles. The molecule has 38 heavy (non-hydrogen) atoms.